The number of anilines is 1. The van der Waals surface area contributed by atoms with Crippen molar-refractivity contribution in [3.63, 3.8) is 0 Å². The Hall–Kier alpha value is -2.34. The minimum atomic E-state index is 0.0358. The highest BCUT2D eigenvalue weighted by atomic mass is 32.1. The van der Waals surface area contributed by atoms with Gasteiger partial charge in [0.1, 0.15) is 15.5 Å². The number of carbonyl (C=O) groups is 1. The standard InChI is InChI=1S/C19H21N3O2S/c1-11-4-3-7-22(10-11)19(23)17-16(20)14-8-12-5-6-13(24-2)9-15(12)21-18(14)25-17/h5-6,8-9,11H,3-4,7,10,20H2,1-2H3/t11-/m1/s1. The van der Waals surface area contributed by atoms with Gasteiger partial charge in [0, 0.05) is 29.9 Å². The third kappa shape index (κ3) is 2.80. The van der Waals surface area contributed by atoms with Crippen molar-refractivity contribution < 1.29 is 9.53 Å². The van der Waals surface area contributed by atoms with Gasteiger partial charge in [-0.3, -0.25) is 4.79 Å². The zero-order valence-electron chi connectivity index (χ0n) is 14.4. The van der Waals surface area contributed by atoms with Gasteiger partial charge in [-0.1, -0.05) is 6.92 Å². The fourth-order valence-corrected chi connectivity index (χ4v) is 4.53. The molecule has 5 nitrogen and oxygen atoms in total. The summed E-state index contributed by atoms with van der Waals surface area (Å²) >= 11 is 1.39. The second-order valence-corrected chi connectivity index (χ2v) is 7.74. The van der Waals surface area contributed by atoms with Crippen molar-refractivity contribution in [3.05, 3.63) is 29.1 Å². The number of aromatic nitrogens is 1. The Bertz CT molecular complexity index is 966. The lowest BCUT2D eigenvalue weighted by atomic mass is 10.00. The third-order valence-corrected chi connectivity index (χ3v) is 5.97. The van der Waals surface area contributed by atoms with Crippen LogP contribution in [0.1, 0.15) is 29.4 Å². The van der Waals surface area contributed by atoms with Crippen LogP contribution in [0.3, 0.4) is 0 Å². The number of thiophene rings is 1. The predicted molar refractivity (Wildman–Crippen MR) is 102 cm³/mol. The first kappa shape index (κ1) is 16.1. The van der Waals surface area contributed by atoms with Crippen molar-refractivity contribution in [2.45, 2.75) is 19.8 Å². The van der Waals surface area contributed by atoms with Crippen molar-refractivity contribution in [2.24, 2.45) is 5.92 Å². The van der Waals surface area contributed by atoms with Crippen LogP contribution in [0.15, 0.2) is 24.3 Å². The van der Waals surface area contributed by atoms with Gasteiger partial charge < -0.3 is 15.4 Å². The summed E-state index contributed by atoms with van der Waals surface area (Å²) in [7, 11) is 1.64. The quantitative estimate of drug-likeness (QED) is 0.757. The molecule has 1 aromatic carbocycles. The topological polar surface area (TPSA) is 68.5 Å². The van der Waals surface area contributed by atoms with E-state index in [1.54, 1.807) is 7.11 Å². The lowest BCUT2D eigenvalue weighted by Gasteiger charge is -2.30. The minimum absolute atomic E-state index is 0.0358. The number of nitrogens with zero attached hydrogens (tertiary/aromatic N) is 2. The summed E-state index contributed by atoms with van der Waals surface area (Å²) in [6.07, 6.45) is 2.24. The number of likely N-dealkylation sites (tertiary alicyclic amines) is 1. The Morgan fingerprint density at radius 1 is 1.40 bits per heavy atom. The van der Waals surface area contributed by atoms with Gasteiger partial charge in [-0.25, -0.2) is 4.98 Å². The molecule has 0 bridgehead atoms. The molecular formula is C19H21N3O2S. The third-order valence-electron chi connectivity index (χ3n) is 4.86. The summed E-state index contributed by atoms with van der Waals surface area (Å²) in [4.78, 5) is 21.0. The molecular weight excluding hydrogens is 334 g/mol. The molecule has 130 valence electrons. The number of hydrogen-bond donors (Lipinski definition) is 1. The predicted octanol–water partition coefficient (Wildman–Crippen LogP) is 3.91. The van der Waals surface area contributed by atoms with Gasteiger partial charge in [0.15, 0.2) is 0 Å². The SMILES string of the molecule is COc1ccc2cc3c(N)c(C(=O)N4CCC[C@@H](C)C4)sc3nc2c1. The maximum absolute atomic E-state index is 12.9. The molecule has 2 N–H and O–H groups in total. The molecule has 3 aromatic rings. The molecule has 1 aliphatic heterocycles. The second kappa shape index (κ2) is 6.19. The van der Waals surface area contributed by atoms with Crippen LogP contribution in [0.4, 0.5) is 5.69 Å². The molecule has 0 saturated carbocycles. The molecule has 0 spiro atoms. The van der Waals surface area contributed by atoms with Crippen LogP contribution >= 0.6 is 11.3 Å². The number of amides is 1. The normalized spacial score (nSPS) is 18.0. The van der Waals surface area contributed by atoms with Gasteiger partial charge in [0.05, 0.1) is 18.3 Å². The van der Waals surface area contributed by atoms with Gasteiger partial charge in [-0.15, -0.1) is 11.3 Å². The van der Waals surface area contributed by atoms with Crippen molar-refractivity contribution >= 4 is 44.1 Å². The zero-order chi connectivity index (χ0) is 17.6. The molecule has 6 heteroatoms. The van der Waals surface area contributed by atoms with E-state index in [0.29, 0.717) is 16.5 Å². The van der Waals surface area contributed by atoms with Crippen LogP contribution in [-0.4, -0.2) is 36.0 Å². The highest BCUT2D eigenvalue weighted by Gasteiger charge is 2.26. The molecule has 1 aliphatic rings. The van der Waals surface area contributed by atoms with Crippen molar-refractivity contribution in [3.8, 4) is 5.75 Å². The number of rotatable bonds is 2. The first-order chi connectivity index (χ1) is 12.1. The van der Waals surface area contributed by atoms with E-state index in [9.17, 15) is 4.79 Å². The second-order valence-electron chi connectivity index (χ2n) is 6.74. The van der Waals surface area contributed by atoms with E-state index < -0.39 is 0 Å². The zero-order valence-corrected chi connectivity index (χ0v) is 15.2. The number of ether oxygens (including phenoxy) is 1. The monoisotopic (exact) mass is 355 g/mol. The van der Waals surface area contributed by atoms with E-state index in [0.717, 1.165) is 46.4 Å². The molecule has 1 saturated heterocycles. The summed E-state index contributed by atoms with van der Waals surface area (Å²) in [6, 6.07) is 7.78. The number of piperidine rings is 1. The first-order valence-electron chi connectivity index (χ1n) is 8.53. The maximum Gasteiger partial charge on any atom is 0.266 e. The highest BCUT2D eigenvalue weighted by Crippen LogP contribution is 2.36. The molecule has 4 rings (SSSR count). The number of pyridine rings is 1. The molecule has 25 heavy (non-hydrogen) atoms. The number of benzene rings is 1. The number of carbonyl (C=O) groups excluding carboxylic acids is 1. The molecule has 3 heterocycles. The van der Waals surface area contributed by atoms with Crippen LogP contribution in [0.25, 0.3) is 21.1 Å². The van der Waals surface area contributed by atoms with Crippen LogP contribution < -0.4 is 10.5 Å². The van der Waals surface area contributed by atoms with Crippen molar-refractivity contribution in [1.29, 1.82) is 0 Å². The summed E-state index contributed by atoms with van der Waals surface area (Å²) in [5, 5.41) is 1.85. The van der Waals surface area contributed by atoms with Gasteiger partial charge in [-0.05, 0) is 37.0 Å². The maximum atomic E-state index is 12.9. The summed E-state index contributed by atoms with van der Waals surface area (Å²) in [6.45, 7) is 3.80. The van der Waals surface area contributed by atoms with Crippen molar-refractivity contribution in [2.75, 3.05) is 25.9 Å². The lowest BCUT2D eigenvalue weighted by molar-refractivity contribution is 0.0689. The molecule has 0 unspecified atom stereocenters. The molecule has 1 atom stereocenters. The van der Waals surface area contributed by atoms with Crippen LogP contribution in [0.2, 0.25) is 0 Å². The van der Waals surface area contributed by atoms with Gasteiger partial charge in [0.25, 0.3) is 5.91 Å². The van der Waals surface area contributed by atoms with E-state index in [4.69, 9.17) is 15.5 Å². The molecule has 1 fully saturated rings. The number of fused-ring (bicyclic) bond motifs is 2. The molecule has 1 amide bonds. The van der Waals surface area contributed by atoms with E-state index >= 15 is 0 Å². The average molecular weight is 355 g/mol. The van der Waals surface area contributed by atoms with E-state index in [1.807, 2.05) is 29.2 Å². The lowest BCUT2D eigenvalue weighted by Crippen LogP contribution is -2.38. The van der Waals surface area contributed by atoms with E-state index in [-0.39, 0.29) is 5.91 Å². The number of methoxy groups -OCH3 is 1. The fourth-order valence-electron chi connectivity index (χ4n) is 3.48. The largest absolute Gasteiger partial charge is 0.497 e. The first-order valence-corrected chi connectivity index (χ1v) is 9.34. The van der Waals surface area contributed by atoms with Crippen LogP contribution in [-0.2, 0) is 0 Å². The average Bonchev–Trinajstić information content (AvgIpc) is 2.94. The van der Waals surface area contributed by atoms with E-state index in [2.05, 4.69) is 6.92 Å². The smallest absolute Gasteiger partial charge is 0.266 e. The highest BCUT2D eigenvalue weighted by molar-refractivity contribution is 7.21. The Kier molecular flexibility index (Phi) is 4.00. The Morgan fingerprint density at radius 3 is 3.00 bits per heavy atom. The Labute approximate surface area is 150 Å². The molecule has 0 aliphatic carbocycles. The number of hydrogen-bond acceptors (Lipinski definition) is 5. The van der Waals surface area contributed by atoms with Crippen LogP contribution in [0, 0.1) is 5.92 Å². The van der Waals surface area contributed by atoms with Crippen molar-refractivity contribution in [1.82, 2.24) is 9.88 Å². The minimum Gasteiger partial charge on any atom is -0.497 e. The summed E-state index contributed by atoms with van der Waals surface area (Å²) < 4.78 is 5.27. The van der Waals surface area contributed by atoms with Gasteiger partial charge in [0.2, 0.25) is 0 Å². The van der Waals surface area contributed by atoms with Gasteiger partial charge >= 0.3 is 0 Å². The number of nitrogen functional groups attached to an aromatic ring is 1. The molecule has 2 aromatic heterocycles. The van der Waals surface area contributed by atoms with Crippen LogP contribution in [0.5, 0.6) is 5.75 Å². The molecule has 0 radical (unpaired) electrons. The van der Waals surface area contributed by atoms with E-state index in [1.165, 1.54) is 17.8 Å². The summed E-state index contributed by atoms with van der Waals surface area (Å²) in [5.41, 5.74) is 7.72. The Morgan fingerprint density at radius 2 is 2.24 bits per heavy atom. The summed E-state index contributed by atoms with van der Waals surface area (Å²) in [5.74, 6) is 1.35. The fraction of sp³-hybridized carbons (Fsp3) is 0.368. The van der Waals surface area contributed by atoms with Gasteiger partial charge in [-0.2, -0.15) is 0 Å². The number of nitrogens with two attached hydrogens (primary N) is 1. The Balaban J connectivity index is 1.78.